The summed E-state index contributed by atoms with van der Waals surface area (Å²) in [4.78, 5) is 23.2. The molecule has 0 amide bonds. The largest absolute Gasteiger partial charge is 0.483 e. The van der Waals surface area contributed by atoms with Crippen LogP contribution in [0.4, 0.5) is 0 Å². The summed E-state index contributed by atoms with van der Waals surface area (Å²) in [6.07, 6.45) is 4.22. The third kappa shape index (κ3) is 2.01. The Morgan fingerprint density at radius 2 is 2.15 bits per heavy atom. The molecule has 1 aromatic carbocycles. The number of benzene rings is 1. The van der Waals surface area contributed by atoms with Gasteiger partial charge in [0.15, 0.2) is 0 Å². The third-order valence-electron chi connectivity index (χ3n) is 3.53. The lowest BCUT2D eigenvalue weighted by molar-refractivity contribution is -0.116. The number of Topliss-reactive ketones (excluding diaryl/α,β-unsaturated/α-hetero) is 1. The van der Waals surface area contributed by atoms with Gasteiger partial charge < -0.3 is 9.47 Å². The van der Waals surface area contributed by atoms with E-state index >= 15 is 0 Å². The summed E-state index contributed by atoms with van der Waals surface area (Å²) >= 11 is 0. The zero-order valence-corrected chi connectivity index (χ0v) is 11.8. The van der Waals surface area contributed by atoms with Crippen LogP contribution < -0.4 is 4.74 Å². The predicted molar refractivity (Wildman–Crippen MR) is 73.7 cm³/mol. The average Bonchev–Trinajstić information content (AvgIpc) is 2.69. The van der Waals surface area contributed by atoms with Gasteiger partial charge in [0, 0.05) is 17.5 Å². The molecule has 0 N–H and O–H groups in total. The minimum Gasteiger partial charge on any atom is -0.483 e. The van der Waals surface area contributed by atoms with Crippen molar-refractivity contribution in [2.45, 2.75) is 39.4 Å². The van der Waals surface area contributed by atoms with Gasteiger partial charge in [-0.1, -0.05) is 6.08 Å². The van der Waals surface area contributed by atoms with Crippen LogP contribution in [0.5, 0.6) is 5.75 Å². The summed E-state index contributed by atoms with van der Waals surface area (Å²) in [6, 6.07) is 1.76. The Bertz CT molecular complexity index is 653. The van der Waals surface area contributed by atoms with Gasteiger partial charge in [-0.3, -0.25) is 4.79 Å². The number of esters is 1. The highest BCUT2D eigenvalue weighted by Gasteiger charge is 2.33. The smallest absolute Gasteiger partial charge is 0.339 e. The fraction of sp³-hybridized carbons (Fsp3) is 0.375. The van der Waals surface area contributed by atoms with Crippen LogP contribution in [-0.4, -0.2) is 17.4 Å². The second-order valence-electron chi connectivity index (χ2n) is 5.80. The van der Waals surface area contributed by atoms with Gasteiger partial charge in [0.1, 0.15) is 23.7 Å². The van der Waals surface area contributed by atoms with E-state index in [1.807, 2.05) is 26.0 Å². The predicted octanol–water partition coefficient (Wildman–Crippen LogP) is 2.67. The molecule has 4 nitrogen and oxygen atoms in total. The second-order valence-corrected chi connectivity index (χ2v) is 5.80. The van der Waals surface area contributed by atoms with E-state index < -0.39 is 5.60 Å². The lowest BCUT2D eigenvalue weighted by atomic mass is 9.91. The molecular formula is C16H16O4. The van der Waals surface area contributed by atoms with Crippen LogP contribution in [0.15, 0.2) is 12.1 Å². The molecule has 0 aliphatic carbocycles. The Kier molecular flexibility index (Phi) is 2.71. The van der Waals surface area contributed by atoms with E-state index in [0.717, 1.165) is 16.7 Å². The van der Waals surface area contributed by atoms with E-state index in [1.54, 1.807) is 6.07 Å². The molecule has 3 rings (SSSR count). The Hall–Kier alpha value is -2.10. The van der Waals surface area contributed by atoms with Gasteiger partial charge in [-0.25, -0.2) is 4.79 Å². The molecule has 0 bridgehead atoms. The zero-order valence-electron chi connectivity index (χ0n) is 11.8. The highest BCUT2D eigenvalue weighted by atomic mass is 16.5. The van der Waals surface area contributed by atoms with Crippen molar-refractivity contribution in [3.8, 4) is 5.75 Å². The third-order valence-corrected chi connectivity index (χ3v) is 3.53. The summed E-state index contributed by atoms with van der Waals surface area (Å²) in [5.41, 5.74) is 2.58. The van der Waals surface area contributed by atoms with Gasteiger partial charge in [0.25, 0.3) is 0 Å². The Morgan fingerprint density at radius 1 is 1.40 bits per heavy atom. The Morgan fingerprint density at radius 3 is 2.85 bits per heavy atom. The van der Waals surface area contributed by atoms with Crippen LogP contribution in [0.3, 0.4) is 0 Å². The van der Waals surface area contributed by atoms with Crippen molar-refractivity contribution in [1.82, 2.24) is 0 Å². The number of ketones is 1. The first-order chi connectivity index (χ1) is 9.37. The topological polar surface area (TPSA) is 52.6 Å². The fourth-order valence-corrected chi connectivity index (χ4v) is 2.61. The molecule has 104 valence electrons. The summed E-state index contributed by atoms with van der Waals surface area (Å²) in [5.74, 6) is 0.386. The first-order valence-corrected chi connectivity index (χ1v) is 6.61. The molecule has 0 saturated heterocycles. The quantitative estimate of drug-likeness (QED) is 0.777. The van der Waals surface area contributed by atoms with Crippen molar-refractivity contribution in [2.24, 2.45) is 0 Å². The van der Waals surface area contributed by atoms with Crippen LogP contribution >= 0.6 is 0 Å². The zero-order chi connectivity index (χ0) is 14.5. The SMILES string of the molecule is CC(=O)Cc1cc2c(c3c1C=CC(C)(C)O3)COC2=O. The molecule has 2 heterocycles. The van der Waals surface area contributed by atoms with E-state index in [1.165, 1.54) is 6.92 Å². The number of fused-ring (bicyclic) bond motifs is 3. The molecule has 0 fully saturated rings. The number of carbonyl (C=O) groups is 2. The van der Waals surface area contributed by atoms with Crippen LogP contribution in [0.25, 0.3) is 6.08 Å². The number of cyclic esters (lactones) is 1. The van der Waals surface area contributed by atoms with E-state index in [0.29, 0.717) is 11.3 Å². The summed E-state index contributed by atoms with van der Waals surface area (Å²) < 4.78 is 11.1. The lowest BCUT2D eigenvalue weighted by Gasteiger charge is -2.30. The monoisotopic (exact) mass is 272 g/mol. The molecule has 0 spiro atoms. The molecule has 0 unspecified atom stereocenters. The van der Waals surface area contributed by atoms with Crippen LogP contribution in [0.2, 0.25) is 0 Å². The van der Waals surface area contributed by atoms with Gasteiger partial charge in [0.05, 0.1) is 5.56 Å². The fourth-order valence-electron chi connectivity index (χ4n) is 2.61. The van der Waals surface area contributed by atoms with Crippen molar-refractivity contribution in [1.29, 1.82) is 0 Å². The summed E-state index contributed by atoms with van der Waals surface area (Å²) in [5, 5.41) is 0. The van der Waals surface area contributed by atoms with Crippen LogP contribution in [0, 0.1) is 0 Å². The van der Waals surface area contributed by atoms with Gasteiger partial charge in [0.2, 0.25) is 0 Å². The number of carbonyl (C=O) groups excluding carboxylic acids is 2. The van der Waals surface area contributed by atoms with Gasteiger partial charge >= 0.3 is 5.97 Å². The summed E-state index contributed by atoms with van der Waals surface area (Å²) in [7, 11) is 0. The second kappa shape index (κ2) is 4.20. The van der Waals surface area contributed by atoms with Gasteiger partial charge in [-0.05, 0) is 38.5 Å². The molecule has 0 aromatic heterocycles. The van der Waals surface area contributed by atoms with Crippen molar-refractivity contribution < 1.29 is 19.1 Å². The highest BCUT2D eigenvalue weighted by Crippen LogP contribution is 2.41. The van der Waals surface area contributed by atoms with Crippen molar-refractivity contribution in [3.63, 3.8) is 0 Å². The lowest BCUT2D eigenvalue weighted by Crippen LogP contribution is -2.28. The minimum atomic E-state index is -0.429. The van der Waals surface area contributed by atoms with E-state index in [-0.39, 0.29) is 24.8 Å². The molecule has 20 heavy (non-hydrogen) atoms. The minimum absolute atomic E-state index is 0.0525. The average molecular weight is 272 g/mol. The first-order valence-electron chi connectivity index (χ1n) is 6.61. The number of ether oxygens (including phenoxy) is 2. The van der Waals surface area contributed by atoms with Gasteiger partial charge in [-0.2, -0.15) is 0 Å². The van der Waals surface area contributed by atoms with Crippen molar-refractivity contribution in [3.05, 3.63) is 34.4 Å². The Balaban J connectivity index is 2.22. The van der Waals surface area contributed by atoms with Crippen LogP contribution in [0.1, 0.15) is 47.8 Å². The van der Waals surface area contributed by atoms with E-state index in [2.05, 4.69) is 0 Å². The maximum Gasteiger partial charge on any atom is 0.339 e. The maximum absolute atomic E-state index is 11.8. The first kappa shape index (κ1) is 12.9. The molecule has 0 saturated carbocycles. The molecule has 2 aliphatic rings. The van der Waals surface area contributed by atoms with Crippen molar-refractivity contribution in [2.75, 3.05) is 0 Å². The Labute approximate surface area is 117 Å². The molecular weight excluding hydrogens is 256 g/mol. The number of hydrogen-bond donors (Lipinski definition) is 0. The summed E-state index contributed by atoms with van der Waals surface area (Å²) in [6.45, 7) is 5.68. The van der Waals surface area contributed by atoms with Crippen LogP contribution in [-0.2, 0) is 22.6 Å². The molecule has 1 aromatic rings. The number of hydrogen-bond acceptors (Lipinski definition) is 4. The van der Waals surface area contributed by atoms with Crippen molar-refractivity contribution >= 4 is 17.8 Å². The molecule has 0 radical (unpaired) electrons. The molecule has 4 heteroatoms. The normalized spacial score (nSPS) is 18.1. The standard InChI is InChI=1S/C16H16O4/c1-9(17)6-10-7-12-13(8-19-15(12)18)14-11(10)4-5-16(2,3)20-14/h4-5,7H,6,8H2,1-3H3. The maximum atomic E-state index is 11.8. The molecule has 2 aliphatic heterocycles. The van der Waals surface area contributed by atoms with E-state index in [4.69, 9.17) is 9.47 Å². The van der Waals surface area contributed by atoms with E-state index in [9.17, 15) is 9.59 Å². The molecule has 0 atom stereocenters. The number of rotatable bonds is 2. The van der Waals surface area contributed by atoms with Gasteiger partial charge in [-0.15, -0.1) is 0 Å². The highest BCUT2D eigenvalue weighted by molar-refractivity contribution is 5.96.